The molecule has 2 aliphatic rings. The van der Waals surface area contributed by atoms with E-state index < -0.39 is 95.2 Å². The molecule has 70 heavy (non-hydrogen) atoms. The molecule has 0 saturated carbocycles. The first kappa shape index (κ1) is 51.5. The predicted octanol–water partition coefficient (Wildman–Crippen LogP) is 3.64. The van der Waals surface area contributed by atoms with E-state index in [0.29, 0.717) is 11.1 Å². The van der Waals surface area contributed by atoms with Gasteiger partial charge in [0.1, 0.15) is 48.4 Å². The summed E-state index contributed by atoms with van der Waals surface area (Å²) in [6.07, 6.45) is -1.97. The zero-order valence-corrected chi connectivity index (χ0v) is 39.8. The summed E-state index contributed by atoms with van der Waals surface area (Å²) in [6, 6.07) is 23.2. The van der Waals surface area contributed by atoms with Crippen molar-refractivity contribution in [3.63, 3.8) is 0 Å². The molecule has 0 spiro atoms. The number of esters is 2. The number of benzene rings is 3. The van der Waals surface area contributed by atoms with E-state index in [1.54, 1.807) is 74.5 Å². The second-order valence-electron chi connectivity index (χ2n) is 15.8. The van der Waals surface area contributed by atoms with Crippen LogP contribution >= 0.6 is 15.5 Å². The summed E-state index contributed by atoms with van der Waals surface area (Å²) >= 11 is 0. The van der Waals surface area contributed by atoms with Gasteiger partial charge in [0.15, 0.2) is 25.0 Å². The Kier molecular flexibility index (Phi) is 17.3. The molecule has 2 aliphatic heterocycles. The first-order valence-corrected chi connectivity index (χ1v) is 24.8. The number of para-hydroxylation sites is 1. The molecule has 374 valence electrons. The van der Waals surface area contributed by atoms with Crippen LogP contribution in [0.5, 0.6) is 11.5 Å². The Morgan fingerprint density at radius 2 is 1.11 bits per heavy atom. The van der Waals surface area contributed by atoms with Crippen LogP contribution in [-0.2, 0) is 69.0 Å². The summed E-state index contributed by atoms with van der Waals surface area (Å²) in [6.45, 7) is 2.16. The Labute approximate surface area is 400 Å². The lowest BCUT2D eigenvalue weighted by atomic mass is 10.1. The molecule has 2 fully saturated rings. The average molecular weight is 1010 g/mol. The maximum atomic E-state index is 14.7. The normalized spacial score (nSPS) is 20.5. The van der Waals surface area contributed by atoms with Crippen LogP contribution in [0.15, 0.2) is 119 Å². The van der Waals surface area contributed by atoms with E-state index in [1.807, 2.05) is 0 Å². The van der Waals surface area contributed by atoms with Crippen LogP contribution in [0.3, 0.4) is 0 Å². The zero-order valence-electron chi connectivity index (χ0n) is 38.0. The molecule has 0 amide bonds. The number of aromatic nitrogens is 4. The van der Waals surface area contributed by atoms with Crippen LogP contribution in [-0.4, -0.2) is 95.3 Å². The highest BCUT2D eigenvalue weighted by molar-refractivity contribution is 7.52. The fourth-order valence-corrected chi connectivity index (χ4v) is 9.83. The fraction of sp³-hybridized carbons (Fsp3) is 0.364. The lowest BCUT2D eigenvalue weighted by Crippen LogP contribution is -2.40. The largest absolute Gasteiger partial charge is 0.468 e. The van der Waals surface area contributed by atoms with Crippen LogP contribution in [0.1, 0.15) is 37.4 Å². The highest BCUT2D eigenvalue weighted by Gasteiger charge is 2.40. The number of carbonyl (C=O) groups excluding carboxylic acids is 2. The summed E-state index contributed by atoms with van der Waals surface area (Å²) < 4.78 is 88.9. The minimum Gasteiger partial charge on any atom is -0.468 e. The second kappa shape index (κ2) is 23.5. The number of ether oxygens (including phenoxy) is 6. The van der Waals surface area contributed by atoms with Crippen molar-refractivity contribution in [3.05, 3.63) is 142 Å². The van der Waals surface area contributed by atoms with Gasteiger partial charge in [-0.1, -0.05) is 60.7 Å². The van der Waals surface area contributed by atoms with Crippen LogP contribution in [0.25, 0.3) is 0 Å². The number of nitrogens with zero attached hydrogens (tertiary/aromatic N) is 4. The van der Waals surface area contributed by atoms with Crippen molar-refractivity contribution in [1.29, 1.82) is 0 Å². The molecule has 26 heteroatoms. The monoisotopic (exact) mass is 1010 g/mol. The van der Waals surface area contributed by atoms with Gasteiger partial charge in [-0.15, -0.1) is 0 Å². The van der Waals surface area contributed by atoms with Gasteiger partial charge in [-0.3, -0.25) is 27.8 Å². The van der Waals surface area contributed by atoms with Gasteiger partial charge in [0.2, 0.25) is 0 Å². The van der Waals surface area contributed by atoms with E-state index in [2.05, 4.69) is 20.1 Å². The maximum absolute atomic E-state index is 14.7. The van der Waals surface area contributed by atoms with Gasteiger partial charge in [-0.2, -0.15) is 20.1 Å². The van der Waals surface area contributed by atoms with Gasteiger partial charge in [0, 0.05) is 12.4 Å². The van der Waals surface area contributed by atoms with Crippen molar-refractivity contribution in [3.8, 4) is 11.5 Å². The lowest BCUT2D eigenvalue weighted by molar-refractivity contribution is -0.149. The van der Waals surface area contributed by atoms with Gasteiger partial charge in [-0.05, 0) is 74.2 Å². The highest BCUT2D eigenvalue weighted by Crippen LogP contribution is 2.47. The van der Waals surface area contributed by atoms with Crippen LogP contribution in [0, 0.1) is 0 Å². The summed E-state index contributed by atoms with van der Waals surface area (Å²) in [5.41, 5.74) is 11.1. The lowest BCUT2D eigenvalue weighted by Gasteiger charge is -2.26. The van der Waals surface area contributed by atoms with E-state index >= 15 is 0 Å². The molecule has 0 radical (unpaired) electrons. The number of hydrogen-bond donors (Lipinski definition) is 4. The average Bonchev–Trinajstić information content (AvgIpc) is 4.01. The van der Waals surface area contributed by atoms with Gasteiger partial charge in [-0.25, -0.2) is 18.7 Å². The molecular formula is C44H52N8O16P2. The summed E-state index contributed by atoms with van der Waals surface area (Å²) in [4.78, 5) is 59.1. The highest BCUT2D eigenvalue weighted by atomic mass is 31.2. The van der Waals surface area contributed by atoms with Crippen molar-refractivity contribution in [1.82, 2.24) is 29.3 Å². The maximum Gasteiger partial charge on any atom is 0.459 e. The third kappa shape index (κ3) is 14.4. The Morgan fingerprint density at radius 1 is 0.671 bits per heavy atom. The molecule has 0 bridgehead atoms. The summed E-state index contributed by atoms with van der Waals surface area (Å²) in [5.74, 6) is -1.38. The fourth-order valence-electron chi connectivity index (χ4n) is 6.87. The van der Waals surface area contributed by atoms with Crippen molar-refractivity contribution in [2.75, 3.05) is 45.0 Å². The number of rotatable bonds is 23. The molecule has 0 aliphatic carbocycles. The van der Waals surface area contributed by atoms with Gasteiger partial charge >= 0.3 is 38.8 Å². The smallest absolute Gasteiger partial charge is 0.459 e. The van der Waals surface area contributed by atoms with Gasteiger partial charge in [0.05, 0.1) is 26.4 Å². The van der Waals surface area contributed by atoms with E-state index in [9.17, 15) is 28.3 Å². The summed E-state index contributed by atoms with van der Waals surface area (Å²) in [7, 11) is -7.87. The molecular weight excluding hydrogens is 958 g/mol. The van der Waals surface area contributed by atoms with Crippen molar-refractivity contribution in [2.24, 2.45) is 0 Å². The SMILES string of the molecule is COC(=O)[C@H](Cc1ccccc1)NP(=O)(OC[C@H]1OC[C@@H](n2ccc(N)nc2=O)O1)Oc1ccc(C[C@H](NP(=O)(OC[C@H]2OC[C@@H](n3ccc(N)nc3=O)O2)Oc2ccccc2)C(=O)OC(C)C)cc1. The molecule has 6 N–H and O–H groups in total. The minimum atomic E-state index is -4.55. The molecule has 2 aromatic heterocycles. The first-order valence-electron chi connectivity index (χ1n) is 21.7. The van der Waals surface area contributed by atoms with E-state index in [-0.39, 0.29) is 49.2 Å². The quantitative estimate of drug-likeness (QED) is 0.0536. The van der Waals surface area contributed by atoms with Gasteiger partial charge < -0.3 is 48.9 Å². The molecule has 4 heterocycles. The number of nitrogens with two attached hydrogens (primary N) is 2. The van der Waals surface area contributed by atoms with Crippen molar-refractivity contribution < 1.29 is 65.2 Å². The third-order valence-corrected chi connectivity index (χ3v) is 13.3. The Balaban J connectivity index is 1.08. The molecule has 24 nitrogen and oxygen atoms in total. The zero-order chi connectivity index (χ0) is 49.8. The Hall–Kier alpha value is -6.30. The number of hydrogen-bond acceptors (Lipinski definition) is 20. The molecule has 3 aromatic carbocycles. The number of carbonyl (C=O) groups is 2. The van der Waals surface area contributed by atoms with Crippen molar-refractivity contribution in [2.45, 2.75) is 69.9 Å². The minimum absolute atomic E-state index is 0.00360. The number of anilines is 2. The number of methoxy groups -OCH3 is 1. The molecule has 8 atom stereocenters. The second-order valence-corrected chi connectivity index (χ2v) is 19.2. The van der Waals surface area contributed by atoms with Crippen LogP contribution in [0.2, 0.25) is 0 Å². The Morgan fingerprint density at radius 3 is 1.57 bits per heavy atom. The summed E-state index contributed by atoms with van der Waals surface area (Å²) in [5, 5.41) is 5.44. The van der Waals surface area contributed by atoms with Crippen molar-refractivity contribution >= 4 is 39.1 Å². The third-order valence-electron chi connectivity index (χ3n) is 10.1. The van der Waals surface area contributed by atoms with E-state index in [0.717, 1.165) is 0 Å². The van der Waals surface area contributed by atoms with E-state index in [4.69, 9.17) is 58.0 Å². The van der Waals surface area contributed by atoms with E-state index in [1.165, 1.54) is 65.0 Å². The number of nitrogen functional groups attached to an aromatic ring is 2. The molecule has 5 aromatic rings. The predicted molar refractivity (Wildman–Crippen MR) is 248 cm³/mol. The number of nitrogens with one attached hydrogen (secondary N) is 2. The Bertz CT molecular complexity index is 2770. The molecule has 2 unspecified atom stereocenters. The topological polar surface area (TPSA) is 306 Å². The standard InChI is InChI=1S/C44H52N8O16P2/c1-28(2)64-42(54)34(50-70(58,67-31-12-8-5-9-13-31)63-27-40-61-25-38(66-40)52-21-19-36(46)48-44(52)56)23-30-14-16-32(17-15-30)68-69(57,49-33(41(53)59-3)22-29-10-6-4-7-11-29)62-26-39-60-24-37(65-39)51-20-18-35(45)47-43(51)55/h4-21,28,33-34,37-40H,22-27H2,1-3H3,(H,49,57)(H,50,58)(H2,45,47,55)(H2,46,48,56)/t33-,34-,37-,38-,39-,40-,69?,70?/m0/s1. The first-order chi connectivity index (χ1) is 33.6. The van der Waals surface area contributed by atoms with Gasteiger partial charge in [0.25, 0.3) is 0 Å². The molecule has 7 rings (SSSR count). The van der Waals surface area contributed by atoms with Crippen LogP contribution < -0.4 is 42.1 Å². The van der Waals surface area contributed by atoms with Crippen LogP contribution in [0.4, 0.5) is 11.6 Å². The molecule has 2 saturated heterocycles.